The number of hydrazine groups is 1. The first-order valence-electron chi connectivity index (χ1n) is 5.87. The molecule has 1 fully saturated rings. The molecule has 0 radical (unpaired) electrons. The number of nitrogens with one attached hydrogen (secondary N) is 1. The van der Waals surface area contributed by atoms with Gasteiger partial charge in [-0.05, 0) is 26.7 Å². The second-order valence-corrected chi connectivity index (χ2v) is 4.37. The van der Waals surface area contributed by atoms with Crippen molar-refractivity contribution in [3.05, 3.63) is 0 Å². The van der Waals surface area contributed by atoms with E-state index >= 15 is 0 Å². The summed E-state index contributed by atoms with van der Waals surface area (Å²) in [6.07, 6.45) is 6.52. The molecule has 15 heavy (non-hydrogen) atoms. The summed E-state index contributed by atoms with van der Waals surface area (Å²) in [7, 11) is 0. The lowest BCUT2D eigenvalue weighted by atomic mass is 9.96. The summed E-state index contributed by atoms with van der Waals surface area (Å²) in [6.45, 7) is 4.51. The van der Waals surface area contributed by atoms with Gasteiger partial charge >= 0.3 is 0 Å². The first kappa shape index (κ1) is 12.5. The molecular formula is C11H23N3O. The van der Waals surface area contributed by atoms with Gasteiger partial charge < -0.3 is 10.2 Å². The quantitative estimate of drug-likeness (QED) is 0.323. The van der Waals surface area contributed by atoms with Crippen LogP contribution in [0.25, 0.3) is 0 Å². The Morgan fingerprint density at radius 3 is 2.60 bits per heavy atom. The van der Waals surface area contributed by atoms with Crippen molar-refractivity contribution in [3.63, 3.8) is 0 Å². The Morgan fingerprint density at radius 1 is 1.40 bits per heavy atom. The average Bonchev–Trinajstić information content (AvgIpc) is 2.25. The van der Waals surface area contributed by atoms with Crippen LogP contribution in [0, 0.1) is 0 Å². The van der Waals surface area contributed by atoms with Crippen molar-refractivity contribution in [2.45, 2.75) is 58.1 Å². The Hall–Kier alpha value is -0.610. The van der Waals surface area contributed by atoms with E-state index in [9.17, 15) is 0 Å². The van der Waals surface area contributed by atoms with Crippen LogP contribution in [0.1, 0.15) is 46.0 Å². The third-order valence-corrected chi connectivity index (χ3v) is 2.63. The highest BCUT2D eigenvalue weighted by atomic mass is 16.5. The van der Waals surface area contributed by atoms with Crippen molar-refractivity contribution in [1.82, 2.24) is 5.43 Å². The normalized spacial score (nSPS) is 19.6. The van der Waals surface area contributed by atoms with Crippen LogP contribution >= 0.6 is 0 Å². The topological polar surface area (TPSA) is 59.6 Å². The third-order valence-electron chi connectivity index (χ3n) is 2.63. The molecule has 0 saturated heterocycles. The average molecular weight is 213 g/mol. The third kappa shape index (κ3) is 5.14. The van der Waals surface area contributed by atoms with E-state index in [1.54, 1.807) is 0 Å². The molecule has 1 aliphatic rings. The Kier molecular flexibility index (Phi) is 5.65. The molecule has 0 spiro atoms. The Morgan fingerprint density at radius 2 is 2.07 bits per heavy atom. The molecule has 0 bridgehead atoms. The van der Waals surface area contributed by atoms with Crippen LogP contribution in [-0.2, 0) is 4.74 Å². The predicted octanol–water partition coefficient (Wildman–Crippen LogP) is 1.61. The Bertz CT molecular complexity index is 198. The first-order chi connectivity index (χ1) is 7.22. The zero-order valence-electron chi connectivity index (χ0n) is 9.83. The zero-order chi connectivity index (χ0) is 11.1. The summed E-state index contributed by atoms with van der Waals surface area (Å²) in [4.78, 5) is 4.58. The summed E-state index contributed by atoms with van der Waals surface area (Å²) < 4.78 is 5.46. The maximum atomic E-state index is 5.46. The van der Waals surface area contributed by atoms with Gasteiger partial charge in [-0.1, -0.05) is 19.3 Å². The van der Waals surface area contributed by atoms with Crippen molar-refractivity contribution in [2.24, 2.45) is 10.8 Å². The summed E-state index contributed by atoms with van der Waals surface area (Å²) in [6, 6.07) is 0.445. The largest absolute Gasteiger partial charge is 0.371 e. The highest BCUT2D eigenvalue weighted by Gasteiger charge is 2.13. The van der Waals surface area contributed by atoms with Gasteiger partial charge in [0.05, 0.1) is 12.1 Å². The van der Waals surface area contributed by atoms with E-state index in [1.165, 1.54) is 32.1 Å². The van der Waals surface area contributed by atoms with Gasteiger partial charge in [0.25, 0.3) is 0 Å². The molecule has 0 aromatic carbocycles. The number of nitrogens with two attached hydrogens (primary N) is 1. The van der Waals surface area contributed by atoms with Gasteiger partial charge in [-0.15, -0.1) is 0 Å². The molecule has 1 saturated carbocycles. The number of nitrogens with zero attached hydrogens (tertiary/aromatic N) is 1. The Balaban J connectivity index is 2.37. The molecule has 3 N–H and O–H groups in total. The maximum absolute atomic E-state index is 5.46. The number of amidine groups is 1. The molecule has 4 nitrogen and oxygen atoms in total. The number of hydrogen-bond donors (Lipinski definition) is 2. The van der Waals surface area contributed by atoms with Crippen molar-refractivity contribution in [3.8, 4) is 0 Å². The van der Waals surface area contributed by atoms with E-state index in [1.807, 2.05) is 13.8 Å². The van der Waals surface area contributed by atoms with E-state index < -0.39 is 0 Å². The smallest absolute Gasteiger partial charge is 0.137 e. The summed E-state index contributed by atoms with van der Waals surface area (Å²) in [5.41, 5.74) is 2.63. The molecule has 0 aromatic heterocycles. The lowest BCUT2D eigenvalue weighted by Gasteiger charge is -2.19. The molecular weight excluding hydrogens is 190 g/mol. The lowest BCUT2D eigenvalue weighted by molar-refractivity contribution is 0.109. The fourth-order valence-corrected chi connectivity index (χ4v) is 1.79. The second kappa shape index (κ2) is 6.80. The first-order valence-corrected chi connectivity index (χ1v) is 5.87. The number of aliphatic imine (C=N–C) groups is 1. The van der Waals surface area contributed by atoms with Gasteiger partial charge in [-0.25, -0.2) is 5.84 Å². The van der Waals surface area contributed by atoms with Gasteiger partial charge in [0.15, 0.2) is 0 Å². The number of rotatable bonds is 4. The lowest BCUT2D eigenvalue weighted by Crippen LogP contribution is -2.36. The fraction of sp³-hybridized carbons (Fsp3) is 0.909. The summed E-state index contributed by atoms with van der Waals surface area (Å²) in [5, 5.41) is 0. The fourth-order valence-electron chi connectivity index (χ4n) is 1.79. The van der Waals surface area contributed by atoms with Gasteiger partial charge in [-0.3, -0.25) is 4.99 Å². The minimum atomic E-state index is 0.218. The monoisotopic (exact) mass is 213 g/mol. The zero-order valence-corrected chi connectivity index (χ0v) is 9.83. The summed E-state index contributed by atoms with van der Waals surface area (Å²) >= 11 is 0. The van der Waals surface area contributed by atoms with Crippen molar-refractivity contribution >= 4 is 5.84 Å². The van der Waals surface area contributed by atoms with E-state index in [-0.39, 0.29) is 6.10 Å². The molecule has 0 aliphatic heterocycles. The maximum Gasteiger partial charge on any atom is 0.137 e. The van der Waals surface area contributed by atoms with Gasteiger partial charge in [0.1, 0.15) is 12.4 Å². The molecule has 0 amide bonds. The summed E-state index contributed by atoms with van der Waals surface area (Å²) in [5.74, 6) is 6.19. The molecule has 4 heteroatoms. The standard InChI is InChI=1S/C11H23N3O/c1-9(2)15-8-11(14-12)13-10-6-4-3-5-7-10/h9-10H,3-8,12H2,1-2H3,(H,13,14). The van der Waals surface area contributed by atoms with Crippen LogP contribution in [0.2, 0.25) is 0 Å². The van der Waals surface area contributed by atoms with Gasteiger partial charge in [-0.2, -0.15) is 0 Å². The van der Waals surface area contributed by atoms with Crippen LogP contribution in [0.5, 0.6) is 0 Å². The van der Waals surface area contributed by atoms with Crippen molar-refractivity contribution in [1.29, 1.82) is 0 Å². The number of hydrogen-bond acceptors (Lipinski definition) is 3. The molecule has 0 unspecified atom stereocenters. The Labute approximate surface area is 92.3 Å². The minimum absolute atomic E-state index is 0.218. The van der Waals surface area contributed by atoms with Gasteiger partial charge in [0.2, 0.25) is 0 Å². The highest BCUT2D eigenvalue weighted by molar-refractivity contribution is 5.83. The van der Waals surface area contributed by atoms with E-state index in [0.29, 0.717) is 12.6 Å². The molecule has 88 valence electrons. The van der Waals surface area contributed by atoms with Crippen LogP contribution < -0.4 is 11.3 Å². The second-order valence-electron chi connectivity index (χ2n) is 4.37. The van der Waals surface area contributed by atoms with Crippen molar-refractivity contribution in [2.75, 3.05) is 6.61 Å². The van der Waals surface area contributed by atoms with E-state index in [2.05, 4.69) is 10.4 Å². The van der Waals surface area contributed by atoms with E-state index in [0.717, 1.165) is 5.84 Å². The SMILES string of the molecule is CC(C)OCC(=NC1CCCCC1)NN. The molecule has 1 aliphatic carbocycles. The van der Waals surface area contributed by atoms with Crippen LogP contribution in [-0.4, -0.2) is 24.6 Å². The van der Waals surface area contributed by atoms with Crippen LogP contribution in [0.3, 0.4) is 0 Å². The highest BCUT2D eigenvalue weighted by Crippen LogP contribution is 2.20. The van der Waals surface area contributed by atoms with Crippen molar-refractivity contribution < 1.29 is 4.74 Å². The minimum Gasteiger partial charge on any atom is -0.371 e. The number of ether oxygens (including phenoxy) is 1. The van der Waals surface area contributed by atoms with Crippen LogP contribution in [0.4, 0.5) is 0 Å². The van der Waals surface area contributed by atoms with Gasteiger partial charge in [0, 0.05) is 0 Å². The molecule has 0 heterocycles. The molecule has 1 rings (SSSR count). The molecule has 0 atom stereocenters. The predicted molar refractivity (Wildman–Crippen MR) is 62.7 cm³/mol. The molecule has 0 aromatic rings. The van der Waals surface area contributed by atoms with Crippen LogP contribution in [0.15, 0.2) is 4.99 Å². The van der Waals surface area contributed by atoms with E-state index in [4.69, 9.17) is 10.6 Å².